The Morgan fingerprint density at radius 3 is 2.37 bits per heavy atom. The van der Waals surface area contributed by atoms with E-state index >= 15 is 0 Å². The third kappa shape index (κ3) is 5.13. The lowest BCUT2D eigenvalue weighted by Crippen LogP contribution is -2.45. The molecule has 110 valence electrons. The van der Waals surface area contributed by atoms with E-state index in [1.165, 1.54) is 32.1 Å². The van der Waals surface area contributed by atoms with Gasteiger partial charge in [-0.1, -0.05) is 32.6 Å². The van der Waals surface area contributed by atoms with E-state index in [0.29, 0.717) is 17.9 Å². The van der Waals surface area contributed by atoms with Gasteiger partial charge in [0.2, 0.25) is 5.91 Å². The van der Waals surface area contributed by atoms with Crippen LogP contribution >= 0.6 is 0 Å². The van der Waals surface area contributed by atoms with Crippen LogP contribution in [0.5, 0.6) is 0 Å². The molecule has 1 saturated carbocycles. The van der Waals surface area contributed by atoms with E-state index in [1.54, 1.807) is 0 Å². The monoisotopic (exact) mass is 266 g/mol. The van der Waals surface area contributed by atoms with E-state index in [4.69, 9.17) is 0 Å². The molecule has 0 spiro atoms. The second-order valence-corrected chi connectivity index (χ2v) is 6.24. The zero-order valence-corrected chi connectivity index (χ0v) is 12.5. The first-order valence-electron chi connectivity index (χ1n) is 8.33. The number of amides is 1. The van der Waals surface area contributed by atoms with E-state index in [2.05, 4.69) is 17.1 Å². The van der Waals surface area contributed by atoms with Crippen LogP contribution in [0.1, 0.15) is 64.7 Å². The van der Waals surface area contributed by atoms with Crippen molar-refractivity contribution >= 4 is 5.91 Å². The summed E-state index contributed by atoms with van der Waals surface area (Å²) in [7, 11) is 0. The summed E-state index contributed by atoms with van der Waals surface area (Å²) >= 11 is 0. The summed E-state index contributed by atoms with van der Waals surface area (Å²) in [5.41, 5.74) is 0. The molecule has 2 rings (SSSR count). The van der Waals surface area contributed by atoms with Gasteiger partial charge in [-0.05, 0) is 38.6 Å². The van der Waals surface area contributed by atoms with Crippen LogP contribution in [0.2, 0.25) is 0 Å². The summed E-state index contributed by atoms with van der Waals surface area (Å²) in [5.74, 6) is 0.820. The zero-order chi connectivity index (χ0) is 13.5. The molecule has 3 heteroatoms. The molecule has 2 fully saturated rings. The van der Waals surface area contributed by atoms with Crippen molar-refractivity contribution in [2.75, 3.05) is 19.6 Å². The van der Waals surface area contributed by atoms with Crippen molar-refractivity contribution < 1.29 is 4.79 Å². The first-order chi connectivity index (χ1) is 9.31. The van der Waals surface area contributed by atoms with E-state index in [9.17, 15) is 4.79 Å². The number of carbonyl (C=O) groups is 1. The lowest BCUT2D eigenvalue weighted by atomic mass is 10.0. The average Bonchev–Trinajstić information content (AvgIpc) is 3.27. The van der Waals surface area contributed by atoms with Crippen molar-refractivity contribution in [3.05, 3.63) is 0 Å². The van der Waals surface area contributed by atoms with Gasteiger partial charge >= 0.3 is 0 Å². The molecule has 0 bridgehead atoms. The standard InChI is InChI=1S/C16H30N2O/c1-2-3-4-5-6-11-17-15-9-12-18(13-10-15)16(19)14-7-8-14/h14-15,17H,2-13H2,1H3. The predicted octanol–water partition coefficient (Wildman–Crippen LogP) is 2.95. The number of nitrogens with zero attached hydrogens (tertiary/aromatic N) is 1. The maximum Gasteiger partial charge on any atom is 0.225 e. The number of hydrogen-bond acceptors (Lipinski definition) is 2. The van der Waals surface area contributed by atoms with Crippen LogP contribution in [0.25, 0.3) is 0 Å². The number of unbranched alkanes of at least 4 members (excludes halogenated alkanes) is 4. The van der Waals surface area contributed by atoms with Crippen LogP contribution < -0.4 is 5.32 Å². The largest absolute Gasteiger partial charge is 0.342 e. The fraction of sp³-hybridized carbons (Fsp3) is 0.938. The SMILES string of the molecule is CCCCCCCNC1CCN(C(=O)C2CC2)CC1. The van der Waals surface area contributed by atoms with Crippen LogP contribution in [0, 0.1) is 5.92 Å². The van der Waals surface area contributed by atoms with Crippen molar-refractivity contribution in [2.24, 2.45) is 5.92 Å². The molecule has 0 atom stereocenters. The van der Waals surface area contributed by atoms with Gasteiger partial charge in [-0.3, -0.25) is 4.79 Å². The highest BCUT2D eigenvalue weighted by Crippen LogP contribution is 2.31. The van der Waals surface area contributed by atoms with Crippen LogP contribution in [-0.2, 0) is 4.79 Å². The van der Waals surface area contributed by atoms with E-state index in [-0.39, 0.29) is 0 Å². The molecule has 1 N–H and O–H groups in total. The van der Waals surface area contributed by atoms with Crippen LogP contribution in [0.4, 0.5) is 0 Å². The van der Waals surface area contributed by atoms with Gasteiger partial charge in [-0.2, -0.15) is 0 Å². The Hall–Kier alpha value is -0.570. The number of piperidine rings is 1. The van der Waals surface area contributed by atoms with E-state index in [1.807, 2.05) is 0 Å². The topological polar surface area (TPSA) is 32.3 Å². The normalized spacial score (nSPS) is 20.8. The molecule has 1 aliphatic carbocycles. The first-order valence-corrected chi connectivity index (χ1v) is 8.33. The molecule has 3 nitrogen and oxygen atoms in total. The zero-order valence-electron chi connectivity index (χ0n) is 12.5. The predicted molar refractivity (Wildman–Crippen MR) is 79.1 cm³/mol. The molecule has 0 radical (unpaired) electrons. The molecular weight excluding hydrogens is 236 g/mol. The summed E-state index contributed by atoms with van der Waals surface area (Å²) < 4.78 is 0. The van der Waals surface area contributed by atoms with Crippen molar-refractivity contribution in [2.45, 2.75) is 70.8 Å². The van der Waals surface area contributed by atoms with Crippen LogP contribution in [-0.4, -0.2) is 36.5 Å². The fourth-order valence-electron chi connectivity index (χ4n) is 2.93. The highest BCUT2D eigenvalue weighted by atomic mass is 16.2. The Kier molecular flexibility index (Phi) is 6.15. The summed E-state index contributed by atoms with van der Waals surface area (Å²) in [6, 6.07) is 0.648. The summed E-state index contributed by atoms with van der Waals surface area (Å²) in [4.78, 5) is 14.0. The van der Waals surface area contributed by atoms with Gasteiger partial charge in [0, 0.05) is 25.0 Å². The second kappa shape index (κ2) is 7.88. The van der Waals surface area contributed by atoms with E-state index < -0.39 is 0 Å². The molecule has 1 saturated heterocycles. The van der Waals surface area contributed by atoms with E-state index in [0.717, 1.165) is 45.3 Å². The number of nitrogens with one attached hydrogen (secondary N) is 1. The Balaban J connectivity index is 1.50. The van der Waals surface area contributed by atoms with Crippen molar-refractivity contribution in [3.8, 4) is 0 Å². The minimum atomic E-state index is 0.392. The van der Waals surface area contributed by atoms with Gasteiger partial charge in [-0.15, -0.1) is 0 Å². The summed E-state index contributed by atoms with van der Waals surface area (Å²) in [6.45, 7) is 5.37. The van der Waals surface area contributed by atoms with Crippen LogP contribution in [0.15, 0.2) is 0 Å². The molecule has 0 aromatic rings. The highest BCUT2D eigenvalue weighted by Gasteiger charge is 2.34. The maximum absolute atomic E-state index is 11.9. The summed E-state index contributed by atoms with van der Waals surface area (Å²) in [6.07, 6.45) is 11.3. The molecule has 19 heavy (non-hydrogen) atoms. The van der Waals surface area contributed by atoms with Gasteiger partial charge in [0.05, 0.1) is 0 Å². The highest BCUT2D eigenvalue weighted by molar-refractivity contribution is 5.81. The Bertz CT molecular complexity index is 268. The lowest BCUT2D eigenvalue weighted by Gasteiger charge is -2.32. The van der Waals surface area contributed by atoms with Gasteiger partial charge in [-0.25, -0.2) is 0 Å². The lowest BCUT2D eigenvalue weighted by molar-refractivity contribution is -0.133. The molecule has 0 aromatic heterocycles. The third-order valence-electron chi connectivity index (χ3n) is 4.45. The fourth-order valence-corrected chi connectivity index (χ4v) is 2.93. The molecule has 0 unspecified atom stereocenters. The van der Waals surface area contributed by atoms with Gasteiger partial charge < -0.3 is 10.2 Å². The minimum Gasteiger partial charge on any atom is -0.342 e. The van der Waals surface area contributed by atoms with Gasteiger partial charge in [0.25, 0.3) is 0 Å². The van der Waals surface area contributed by atoms with Gasteiger partial charge in [0.1, 0.15) is 0 Å². The number of carbonyl (C=O) groups excluding carboxylic acids is 1. The minimum absolute atomic E-state index is 0.392. The van der Waals surface area contributed by atoms with Crippen molar-refractivity contribution in [3.63, 3.8) is 0 Å². The number of hydrogen-bond donors (Lipinski definition) is 1. The molecule has 1 aliphatic heterocycles. The van der Waals surface area contributed by atoms with Crippen molar-refractivity contribution in [1.82, 2.24) is 10.2 Å². The smallest absolute Gasteiger partial charge is 0.225 e. The third-order valence-corrected chi connectivity index (χ3v) is 4.45. The second-order valence-electron chi connectivity index (χ2n) is 6.24. The Morgan fingerprint density at radius 2 is 1.74 bits per heavy atom. The Labute approximate surface area is 118 Å². The Morgan fingerprint density at radius 1 is 1.05 bits per heavy atom. The molecule has 0 aromatic carbocycles. The molecule has 1 heterocycles. The van der Waals surface area contributed by atoms with Crippen LogP contribution in [0.3, 0.4) is 0 Å². The molecule has 2 aliphatic rings. The quantitative estimate of drug-likeness (QED) is 0.685. The molecule has 1 amide bonds. The average molecular weight is 266 g/mol. The van der Waals surface area contributed by atoms with Crippen molar-refractivity contribution in [1.29, 1.82) is 0 Å². The maximum atomic E-state index is 11.9. The summed E-state index contributed by atoms with van der Waals surface area (Å²) in [5, 5.41) is 3.66. The molecular formula is C16H30N2O. The number of likely N-dealkylation sites (tertiary alicyclic amines) is 1. The van der Waals surface area contributed by atoms with Gasteiger partial charge in [0.15, 0.2) is 0 Å². The number of rotatable bonds is 8. The first kappa shape index (κ1) is 14.8.